The molecule has 4 aromatic rings. The van der Waals surface area contributed by atoms with Gasteiger partial charge in [-0.05, 0) is 60.2 Å². The molecule has 0 spiro atoms. The van der Waals surface area contributed by atoms with Gasteiger partial charge in [-0.1, -0.05) is 46.4 Å². The molecular weight excluding hydrogens is 552 g/mol. The standard InChI is InChI=1S/C24H15Cl4N3O3S/c1-33-22-8-13(2-7-21(22)34-23(32)17-6-4-15(26)10-19(17)28)11-29-31-24-30-20(12-35-24)16-5-3-14(25)9-18(16)27/h2-12H,1H3,(H,30,31). The lowest BCUT2D eigenvalue weighted by Crippen LogP contribution is -2.10. The maximum Gasteiger partial charge on any atom is 0.345 e. The number of rotatable bonds is 7. The van der Waals surface area contributed by atoms with Crippen LogP contribution in [0.5, 0.6) is 11.5 Å². The summed E-state index contributed by atoms with van der Waals surface area (Å²) in [6, 6.07) is 14.8. The van der Waals surface area contributed by atoms with Crippen LogP contribution in [0.15, 0.2) is 65.1 Å². The molecule has 1 heterocycles. The number of nitrogens with one attached hydrogen (secondary N) is 1. The van der Waals surface area contributed by atoms with Gasteiger partial charge in [-0.25, -0.2) is 9.78 Å². The number of aromatic nitrogens is 1. The van der Waals surface area contributed by atoms with Gasteiger partial charge >= 0.3 is 5.97 Å². The van der Waals surface area contributed by atoms with Gasteiger partial charge in [0.1, 0.15) is 0 Å². The predicted octanol–water partition coefficient (Wildman–Crippen LogP) is 8.10. The first-order valence-electron chi connectivity index (χ1n) is 9.89. The molecule has 0 unspecified atom stereocenters. The number of hydrogen-bond donors (Lipinski definition) is 1. The highest BCUT2D eigenvalue weighted by Crippen LogP contribution is 2.33. The molecule has 35 heavy (non-hydrogen) atoms. The number of ether oxygens (including phenoxy) is 2. The number of benzene rings is 3. The average molecular weight is 567 g/mol. The lowest BCUT2D eigenvalue weighted by molar-refractivity contribution is 0.0730. The Morgan fingerprint density at radius 1 is 0.971 bits per heavy atom. The zero-order valence-electron chi connectivity index (χ0n) is 17.9. The van der Waals surface area contributed by atoms with Crippen molar-refractivity contribution < 1.29 is 14.3 Å². The molecule has 1 N–H and O–H groups in total. The number of hydrazone groups is 1. The molecule has 0 saturated carbocycles. The molecule has 0 radical (unpaired) electrons. The maximum atomic E-state index is 12.5. The Morgan fingerprint density at radius 3 is 2.43 bits per heavy atom. The molecule has 178 valence electrons. The Labute approximate surface area is 225 Å². The minimum atomic E-state index is -0.631. The normalized spacial score (nSPS) is 11.0. The third-order valence-electron chi connectivity index (χ3n) is 4.63. The third kappa shape index (κ3) is 6.25. The van der Waals surface area contributed by atoms with Crippen molar-refractivity contribution in [1.82, 2.24) is 4.98 Å². The van der Waals surface area contributed by atoms with Crippen LogP contribution in [0, 0.1) is 0 Å². The molecule has 0 atom stereocenters. The van der Waals surface area contributed by atoms with Crippen LogP contribution in [0.25, 0.3) is 11.3 Å². The zero-order chi connectivity index (χ0) is 24.9. The van der Waals surface area contributed by atoms with Crippen molar-refractivity contribution >= 4 is 75.1 Å². The number of nitrogens with zero attached hydrogens (tertiary/aromatic N) is 2. The maximum absolute atomic E-state index is 12.5. The van der Waals surface area contributed by atoms with E-state index in [2.05, 4.69) is 15.5 Å². The molecule has 0 saturated heterocycles. The molecule has 0 fully saturated rings. The summed E-state index contributed by atoms with van der Waals surface area (Å²) in [5.41, 5.74) is 5.27. The van der Waals surface area contributed by atoms with Gasteiger partial charge in [0.15, 0.2) is 11.5 Å². The fourth-order valence-corrected chi connectivity index (χ4v) is 4.62. The van der Waals surface area contributed by atoms with E-state index in [0.29, 0.717) is 37.2 Å². The second-order valence-corrected chi connectivity index (χ2v) is 9.50. The van der Waals surface area contributed by atoms with Crippen LogP contribution in [0.1, 0.15) is 15.9 Å². The van der Waals surface area contributed by atoms with Crippen molar-refractivity contribution in [2.45, 2.75) is 0 Å². The van der Waals surface area contributed by atoms with E-state index in [-0.39, 0.29) is 16.3 Å². The van der Waals surface area contributed by atoms with Gasteiger partial charge in [0.05, 0.1) is 34.6 Å². The number of carbonyl (C=O) groups is 1. The summed E-state index contributed by atoms with van der Waals surface area (Å²) in [5, 5.41) is 8.35. The van der Waals surface area contributed by atoms with Crippen molar-refractivity contribution in [1.29, 1.82) is 0 Å². The van der Waals surface area contributed by atoms with E-state index in [0.717, 1.165) is 5.56 Å². The topological polar surface area (TPSA) is 72.8 Å². The Bertz CT molecular complexity index is 1430. The first-order chi connectivity index (χ1) is 16.8. The minimum absolute atomic E-state index is 0.190. The number of hydrogen-bond acceptors (Lipinski definition) is 7. The monoisotopic (exact) mass is 565 g/mol. The molecule has 4 rings (SSSR count). The third-order valence-corrected chi connectivity index (χ3v) is 6.47. The summed E-state index contributed by atoms with van der Waals surface area (Å²) in [7, 11) is 1.47. The summed E-state index contributed by atoms with van der Waals surface area (Å²) >= 11 is 25.6. The molecule has 0 aliphatic rings. The Morgan fingerprint density at radius 2 is 1.71 bits per heavy atom. The smallest absolute Gasteiger partial charge is 0.345 e. The van der Waals surface area contributed by atoms with E-state index < -0.39 is 5.97 Å². The predicted molar refractivity (Wildman–Crippen MR) is 143 cm³/mol. The van der Waals surface area contributed by atoms with Crippen molar-refractivity contribution in [3.63, 3.8) is 0 Å². The second-order valence-electron chi connectivity index (χ2n) is 6.96. The van der Waals surface area contributed by atoms with Gasteiger partial charge in [0.25, 0.3) is 0 Å². The van der Waals surface area contributed by atoms with E-state index in [1.165, 1.54) is 30.6 Å². The minimum Gasteiger partial charge on any atom is -0.493 e. The van der Waals surface area contributed by atoms with Crippen LogP contribution in [-0.4, -0.2) is 24.3 Å². The summed E-state index contributed by atoms with van der Waals surface area (Å²) in [6.07, 6.45) is 1.58. The summed E-state index contributed by atoms with van der Waals surface area (Å²) in [6.45, 7) is 0. The first-order valence-corrected chi connectivity index (χ1v) is 12.3. The Balaban J connectivity index is 1.43. The Hall–Kier alpha value is -2.81. The highest BCUT2D eigenvalue weighted by atomic mass is 35.5. The Kier molecular flexibility index (Phi) is 8.15. The number of halogens is 4. The number of esters is 1. The molecule has 11 heteroatoms. The number of methoxy groups -OCH3 is 1. The SMILES string of the molecule is COc1cc(C=NNc2nc(-c3ccc(Cl)cc3Cl)cs2)ccc1OC(=O)c1ccc(Cl)cc1Cl. The molecule has 1 aromatic heterocycles. The van der Waals surface area contributed by atoms with E-state index >= 15 is 0 Å². The second kappa shape index (κ2) is 11.3. The summed E-state index contributed by atoms with van der Waals surface area (Å²) in [4.78, 5) is 17.0. The van der Waals surface area contributed by atoms with E-state index in [1.54, 1.807) is 42.6 Å². The largest absolute Gasteiger partial charge is 0.493 e. The van der Waals surface area contributed by atoms with Crippen LogP contribution < -0.4 is 14.9 Å². The van der Waals surface area contributed by atoms with Gasteiger partial charge in [0, 0.05) is 21.0 Å². The molecule has 0 bridgehead atoms. The van der Waals surface area contributed by atoms with Crippen molar-refractivity contribution in [3.05, 3.63) is 91.2 Å². The van der Waals surface area contributed by atoms with E-state index in [1.807, 2.05) is 11.4 Å². The van der Waals surface area contributed by atoms with Gasteiger partial charge < -0.3 is 9.47 Å². The van der Waals surface area contributed by atoms with Gasteiger partial charge in [-0.2, -0.15) is 5.10 Å². The zero-order valence-corrected chi connectivity index (χ0v) is 21.7. The molecule has 3 aromatic carbocycles. The molecular formula is C24H15Cl4N3O3S. The summed E-state index contributed by atoms with van der Waals surface area (Å²) < 4.78 is 10.8. The number of thiazole rings is 1. The van der Waals surface area contributed by atoms with Crippen LogP contribution in [0.2, 0.25) is 20.1 Å². The van der Waals surface area contributed by atoms with Gasteiger partial charge in [-0.15, -0.1) is 11.3 Å². The van der Waals surface area contributed by atoms with Crippen molar-refractivity contribution in [2.75, 3.05) is 12.5 Å². The highest BCUT2D eigenvalue weighted by Gasteiger charge is 2.16. The average Bonchev–Trinajstić information content (AvgIpc) is 3.28. The lowest BCUT2D eigenvalue weighted by Gasteiger charge is -2.10. The van der Waals surface area contributed by atoms with Crippen LogP contribution in [-0.2, 0) is 0 Å². The number of anilines is 1. The molecule has 0 aliphatic heterocycles. The highest BCUT2D eigenvalue weighted by molar-refractivity contribution is 7.14. The fourth-order valence-electron chi connectivity index (χ4n) is 2.97. The lowest BCUT2D eigenvalue weighted by atomic mass is 10.2. The van der Waals surface area contributed by atoms with Crippen molar-refractivity contribution in [2.24, 2.45) is 5.10 Å². The van der Waals surface area contributed by atoms with Crippen LogP contribution in [0.4, 0.5) is 5.13 Å². The van der Waals surface area contributed by atoms with Crippen LogP contribution >= 0.6 is 57.7 Å². The van der Waals surface area contributed by atoms with Crippen LogP contribution in [0.3, 0.4) is 0 Å². The van der Waals surface area contributed by atoms with Crippen molar-refractivity contribution in [3.8, 4) is 22.8 Å². The van der Waals surface area contributed by atoms with Gasteiger partial charge in [0.2, 0.25) is 5.13 Å². The van der Waals surface area contributed by atoms with E-state index in [9.17, 15) is 4.79 Å². The molecule has 0 aliphatic carbocycles. The first kappa shape index (κ1) is 25.3. The molecule has 6 nitrogen and oxygen atoms in total. The molecule has 0 amide bonds. The van der Waals surface area contributed by atoms with E-state index in [4.69, 9.17) is 55.9 Å². The number of carbonyl (C=O) groups excluding carboxylic acids is 1. The van der Waals surface area contributed by atoms with Gasteiger partial charge in [-0.3, -0.25) is 5.43 Å². The quantitative estimate of drug-likeness (QED) is 0.106. The summed E-state index contributed by atoms with van der Waals surface area (Å²) in [5.74, 6) is -0.0484. The fraction of sp³-hybridized carbons (Fsp3) is 0.0417.